The quantitative estimate of drug-likeness (QED) is 0.393. The van der Waals surface area contributed by atoms with E-state index >= 15 is 0 Å². The van der Waals surface area contributed by atoms with Crippen LogP contribution in [0.4, 0.5) is 5.69 Å². The van der Waals surface area contributed by atoms with Crippen molar-refractivity contribution in [2.75, 3.05) is 7.11 Å². The number of rotatable bonds is 4. The number of phenolic OH excluding ortho intramolecular Hbond substituents is 1. The molecule has 0 saturated carbocycles. The largest absolute Gasteiger partial charge is 0.500 e. The number of H-pyrrole nitrogens is 1. The molecule has 11 heteroatoms. The van der Waals surface area contributed by atoms with Gasteiger partial charge in [-0.05, 0) is 25.5 Å². The summed E-state index contributed by atoms with van der Waals surface area (Å²) in [5, 5.41) is 25.6. The Hall–Kier alpha value is -2.91. The van der Waals surface area contributed by atoms with E-state index in [4.69, 9.17) is 32.5 Å². The van der Waals surface area contributed by atoms with Crippen molar-refractivity contribution < 1.29 is 24.3 Å². The van der Waals surface area contributed by atoms with Gasteiger partial charge in [-0.3, -0.25) is 10.1 Å². The van der Waals surface area contributed by atoms with Crippen LogP contribution in [0.3, 0.4) is 0 Å². The van der Waals surface area contributed by atoms with Gasteiger partial charge < -0.3 is 9.84 Å². The van der Waals surface area contributed by atoms with Crippen molar-refractivity contribution in [2.45, 2.75) is 13.8 Å². The van der Waals surface area contributed by atoms with E-state index in [-0.39, 0.29) is 28.2 Å². The second-order valence-corrected chi connectivity index (χ2v) is 6.33. The van der Waals surface area contributed by atoms with E-state index in [2.05, 4.69) is 15.1 Å². The maximum Gasteiger partial charge on any atom is 0.381 e. The second kappa shape index (κ2) is 7.01. The fourth-order valence-electron chi connectivity index (χ4n) is 2.56. The molecule has 2 aromatic heterocycles. The monoisotopic (exact) mass is 411 g/mol. The standard InChI is InChI=1S/C16H12Cl2N4O5/c1-6-11(14(18)19-7(2)12(6)17)15-20-16(27-21-15)8-4-9(22(24)25)13(23)10(5-8)26-3/h4-5,23H,1-3H3/p+1. The molecule has 0 atom stereocenters. The zero-order valence-electron chi connectivity index (χ0n) is 14.3. The van der Waals surface area contributed by atoms with Crippen molar-refractivity contribution in [1.82, 2.24) is 10.1 Å². The summed E-state index contributed by atoms with van der Waals surface area (Å²) in [6.45, 7) is 3.49. The van der Waals surface area contributed by atoms with Crippen LogP contribution >= 0.6 is 23.2 Å². The average molecular weight is 412 g/mol. The maximum atomic E-state index is 11.2. The number of aromatic hydroxyl groups is 1. The van der Waals surface area contributed by atoms with Crippen molar-refractivity contribution >= 4 is 28.9 Å². The summed E-state index contributed by atoms with van der Waals surface area (Å²) in [7, 11) is 1.28. The van der Waals surface area contributed by atoms with E-state index in [9.17, 15) is 15.2 Å². The van der Waals surface area contributed by atoms with Gasteiger partial charge >= 0.3 is 17.4 Å². The number of nitro benzene ring substituents is 1. The Morgan fingerprint density at radius 3 is 2.67 bits per heavy atom. The molecule has 9 nitrogen and oxygen atoms in total. The lowest BCUT2D eigenvalue weighted by molar-refractivity contribution is -0.386. The van der Waals surface area contributed by atoms with Crippen LogP contribution in [0, 0.1) is 24.0 Å². The van der Waals surface area contributed by atoms with Crippen molar-refractivity contribution in [1.29, 1.82) is 0 Å². The number of nitrogens with zero attached hydrogens (tertiary/aromatic N) is 3. The summed E-state index contributed by atoms with van der Waals surface area (Å²) in [5.41, 5.74) is 1.38. The van der Waals surface area contributed by atoms with Gasteiger partial charge in [0.1, 0.15) is 10.7 Å². The van der Waals surface area contributed by atoms with Gasteiger partial charge in [-0.2, -0.15) is 4.98 Å². The molecule has 2 heterocycles. The highest BCUT2D eigenvalue weighted by Gasteiger charge is 2.28. The minimum atomic E-state index is -0.733. The molecule has 2 N–H and O–H groups in total. The summed E-state index contributed by atoms with van der Waals surface area (Å²) >= 11 is 12.4. The van der Waals surface area contributed by atoms with Gasteiger partial charge in [0.05, 0.1) is 28.3 Å². The Bertz CT molecular complexity index is 1070. The SMILES string of the molecule is COc1cc(-c2[nH+]c(-c3c(Cl)nc(C)c(Cl)c3C)no2)cc([N+](=O)[O-])c1O. The summed E-state index contributed by atoms with van der Waals surface area (Å²) in [5.74, 6) is -0.325. The first kappa shape index (κ1) is 18.9. The molecule has 1 aromatic carbocycles. The highest BCUT2D eigenvalue weighted by Crippen LogP contribution is 2.40. The first-order valence-electron chi connectivity index (χ1n) is 7.51. The number of methoxy groups -OCH3 is 1. The number of phenols is 1. The molecule has 0 fully saturated rings. The normalized spacial score (nSPS) is 10.9. The van der Waals surface area contributed by atoms with Crippen LogP contribution in [-0.4, -0.2) is 27.3 Å². The number of aromatic amines is 1. The van der Waals surface area contributed by atoms with Crippen LogP contribution < -0.4 is 9.72 Å². The number of nitrogens with one attached hydrogen (secondary N) is 1. The third-order valence-electron chi connectivity index (χ3n) is 3.92. The van der Waals surface area contributed by atoms with Crippen molar-refractivity contribution in [3.05, 3.63) is 43.7 Å². The Balaban J connectivity index is 2.14. The number of aryl methyl sites for hydroxylation is 1. The van der Waals surface area contributed by atoms with E-state index in [1.807, 2.05) is 0 Å². The van der Waals surface area contributed by atoms with E-state index in [1.165, 1.54) is 13.2 Å². The lowest BCUT2D eigenvalue weighted by Crippen LogP contribution is -2.08. The molecule has 3 rings (SSSR count). The first-order chi connectivity index (χ1) is 12.7. The third-order valence-corrected chi connectivity index (χ3v) is 4.76. The Morgan fingerprint density at radius 2 is 2.04 bits per heavy atom. The lowest BCUT2D eigenvalue weighted by atomic mass is 10.1. The van der Waals surface area contributed by atoms with Crippen LogP contribution in [-0.2, 0) is 0 Å². The molecule has 0 aliphatic carbocycles. The molecular formula is C16H13Cl2N4O5+. The Labute approximate surface area is 162 Å². The first-order valence-corrected chi connectivity index (χ1v) is 8.27. The van der Waals surface area contributed by atoms with Crippen molar-refractivity contribution in [2.24, 2.45) is 0 Å². The molecule has 0 spiro atoms. The smallest absolute Gasteiger partial charge is 0.381 e. The fourth-order valence-corrected chi connectivity index (χ4v) is 3.05. The van der Waals surface area contributed by atoms with Crippen LogP contribution in [0.5, 0.6) is 11.5 Å². The average Bonchev–Trinajstić information content (AvgIpc) is 3.09. The summed E-state index contributed by atoms with van der Waals surface area (Å²) in [4.78, 5) is 17.5. The minimum absolute atomic E-state index is 0.0835. The van der Waals surface area contributed by atoms with E-state index < -0.39 is 16.4 Å². The van der Waals surface area contributed by atoms with Crippen LogP contribution in [0.15, 0.2) is 16.7 Å². The number of pyridine rings is 1. The van der Waals surface area contributed by atoms with Gasteiger partial charge in [-0.15, -0.1) is 0 Å². The highest BCUT2D eigenvalue weighted by atomic mass is 35.5. The number of aromatic nitrogens is 3. The number of hydrogen-bond acceptors (Lipinski definition) is 7. The van der Waals surface area contributed by atoms with Gasteiger partial charge in [-0.1, -0.05) is 23.2 Å². The molecule has 3 aromatic rings. The number of hydrogen-bond donors (Lipinski definition) is 1. The van der Waals surface area contributed by atoms with Crippen LogP contribution in [0.25, 0.3) is 22.8 Å². The molecule has 0 saturated heterocycles. The molecular weight excluding hydrogens is 399 g/mol. The van der Waals surface area contributed by atoms with Gasteiger partial charge in [0.15, 0.2) is 10.9 Å². The van der Waals surface area contributed by atoms with Crippen LogP contribution in [0.1, 0.15) is 11.3 Å². The number of ether oxygens (including phenoxy) is 1. The van der Waals surface area contributed by atoms with Gasteiger partial charge in [0.2, 0.25) is 5.75 Å². The van der Waals surface area contributed by atoms with Crippen molar-refractivity contribution in [3.63, 3.8) is 0 Å². The molecule has 0 aliphatic heterocycles. The molecule has 0 aliphatic rings. The van der Waals surface area contributed by atoms with E-state index in [0.717, 1.165) is 6.07 Å². The summed E-state index contributed by atoms with van der Waals surface area (Å²) < 4.78 is 10.2. The predicted octanol–water partition coefficient (Wildman–Crippen LogP) is 3.76. The summed E-state index contributed by atoms with van der Waals surface area (Å²) in [6.07, 6.45) is 0. The van der Waals surface area contributed by atoms with Gasteiger partial charge in [0.25, 0.3) is 0 Å². The van der Waals surface area contributed by atoms with E-state index in [1.54, 1.807) is 13.8 Å². The van der Waals surface area contributed by atoms with E-state index in [0.29, 0.717) is 21.8 Å². The number of halogens is 2. The van der Waals surface area contributed by atoms with Gasteiger partial charge in [-0.25, -0.2) is 9.51 Å². The molecule has 0 amide bonds. The number of nitro groups is 1. The topological polar surface area (TPSA) is 126 Å². The zero-order chi connectivity index (χ0) is 19.9. The van der Waals surface area contributed by atoms with Crippen molar-refractivity contribution in [3.8, 4) is 34.3 Å². The predicted molar refractivity (Wildman–Crippen MR) is 96.1 cm³/mol. The number of benzene rings is 1. The lowest BCUT2D eigenvalue weighted by Gasteiger charge is -2.05. The molecule has 0 unspecified atom stereocenters. The zero-order valence-corrected chi connectivity index (χ0v) is 15.8. The molecule has 140 valence electrons. The molecule has 0 bridgehead atoms. The van der Waals surface area contributed by atoms with Gasteiger partial charge in [0, 0.05) is 6.07 Å². The molecule has 0 radical (unpaired) electrons. The fraction of sp³-hybridized carbons (Fsp3) is 0.188. The second-order valence-electron chi connectivity index (χ2n) is 5.59. The Morgan fingerprint density at radius 1 is 1.33 bits per heavy atom. The summed E-state index contributed by atoms with van der Waals surface area (Å²) in [6, 6.07) is 2.51. The van der Waals surface area contributed by atoms with Crippen LogP contribution in [0.2, 0.25) is 10.2 Å². The maximum absolute atomic E-state index is 11.2. The molecule has 27 heavy (non-hydrogen) atoms. The minimum Gasteiger partial charge on any atom is -0.500 e. The highest BCUT2D eigenvalue weighted by molar-refractivity contribution is 6.35. The third kappa shape index (κ3) is 3.26. The Kier molecular flexibility index (Phi) is 4.90.